The van der Waals surface area contributed by atoms with Gasteiger partial charge in [0.2, 0.25) is 0 Å². The van der Waals surface area contributed by atoms with Gasteiger partial charge in [-0.2, -0.15) is 0 Å². The Balaban J connectivity index is 2.08. The minimum Gasteiger partial charge on any atom is -0.351 e. The number of rotatable bonds is 5. The smallest absolute Gasteiger partial charge is 0.251 e. The molecule has 4 N–H and O–H groups in total. The second kappa shape index (κ2) is 4.94. The third-order valence-corrected chi connectivity index (χ3v) is 3.43. The monoisotopic (exact) mass is 248 g/mol. The number of carbonyl (C=O) groups is 1. The number of aryl methyl sites for hydroxylation is 1. The zero-order chi connectivity index (χ0) is 13.2. The number of aromatic nitrogens is 1. The first-order valence-electron chi connectivity index (χ1n) is 6.32. The predicted octanol–water partition coefficient (Wildman–Crippen LogP) is 1.46. The van der Waals surface area contributed by atoms with Crippen LogP contribution in [0.2, 0.25) is 0 Å². The third kappa shape index (κ3) is 2.98. The van der Waals surface area contributed by atoms with E-state index < -0.39 is 0 Å². The summed E-state index contributed by atoms with van der Waals surface area (Å²) in [4.78, 5) is 16.3. The Morgan fingerprint density at radius 2 is 2.22 bits per heavy atom. The summed E-state index contributed by atoms with van der Waals surface area (Å²) in [6.45, 7) is 4.92. The highest BCUT2D eigenvalue weighted by atomic mass is 16.1. The Hall–Kier alpha value is -1.62. The number of hydrogen-bond acceptors (Lipinski definition) is 4. The van der Waals surface area contributed by atoms with E-state index in [1.165, 1.54) is 12.8 Å². The molecule has 1 aromatic heterocycles. The van der Waals surface area contributed by atoms with Crippen molar-refractivity contribution in [3.05, 3.63) is 23.4 Å². The first-order chi connectivity index (χ1) is 8.56. The summed E-state index contributed by atoms with van der Waals surface area (Å²) in [5, 5.41) is 2.97. The van der Waals surface area contributed by atoms with Crippen LogP contribution in [0.3, 0.4) is 0 Å². The third-order valence-electron chi connectivity index (χ3n) is 3.43. The molecule has 1 fully saturated rings. The van der Waals surface area contributed by atoms with Gasteiger partial charge in [-0.3, -0.25) is 4.79 Å². The maximum atomic E-state index is 12.0. The quantitative estimate of drug-likeness (QED) is 0.544. The first-order valence-corrected chi connectivity index (χ1v) is 6.32. The van der Waals surface area contributed by atoms with Crippen LogP contribution in [0.25, 0.3) is 0 Å². The van der Waals surface area contributed by atoms with Crippen LogP contribution in [0.4, 0.5) is 5.82 Å². The van der Waals surface area contributed by atoms with E-state index in [1.54, 1.807) is 6.07 Å². The van der Waals surface area contributed by atoms with Gasteiger partial charge >= 0.3 is 0 Å². The molecule has 1 aliphatic rings. The van der Waals surface area contributed by atoms with Gasteiger partial charge < -0.3 is 10.7 Å². The number of hydrazine groups is 1. The summed E-state index contributed by atoms with van der Waals surface area (Å²) >= 11 is 0. The van der Waals surface area contributed by atoms with Crippen LogP contribution in [-0.2, 0) is 6.42 Å². The fourth-order valence-corrected chi connectivity index (χ4v) is 1.76. The lowest BCUT2D eigenvalue weighted by molar-refractivity contribution is 0.0946. The average molecular weight is 248 g/mol. The summed E-state index contributed by atoms with van der Waals surface area (Å²) < 4.78 is 0. The molecule has 1 aromatic rings. The molecule has 0 spiro atoms. The van der Waals surface area contributed by atoms with Gasteiger partial charge in [0.05, 0.1) is 0 Å². The van der Waals surface area contributed by atoms with Gasteiger partial charge in [0.1, 0.15) is 5.82 Å². The van der Waals surface area contributed by atoms with Crippen molar-refractivity contribution < 1.29 is 4.79 Å². The van der Waals surface area contributed by atoms with Gasteiger partial charge in [0, 0.05) is 17.8 Å². The van der Waals surface area contributed by atoms with Crippen molar-refractivity contribution in [3.8, 4) is 0 Å². The van der Waals surface area contributed by atoms with E-state index in [9.17, 15) is 4.79 Å². The normalized spacial score (nSPS) is 16.2. The number of anilines is 1. The predicted molar refractivity (Wildman–Crippen MR) is 71.1 cm³/mol. The molecular weight excluding hydrogens is 228 g/mol. The number of hydrogen-bond donors (Lipinski definition) is 3. The van der Waals surface area contributed by atoms with Crippen molar-refractivity contribution in [2.75, 3.05) is 12.0 Å². The Morgan fingerprint density at radius 3 is 2.78 bits per heavy atom. The minimum absolute atomic E-state index is 0.0586. The fourth-order valence-electron chi connectivity index (χ4n) is 1.76. The van der Waals surface area contributed by atoms with Crippen molar-refractivity contribution in [3.63, 3.8) is 0 Å². The van der Waals surface area contributed by atoms with E-state index in [4.69, 9.17) is 5.84 Å². The van der Waals surface area contributed by atoms with E-state index >= 15 is 0 Å². The molecule has 0 unspecified atom stereocenters. The highest BCUT2D eigenvalue weighted by molar-refractivity contribution is 5.95. The minimum atomic E-state index is -0.0586. The molecule has 5 heteroatoms. The summed E-state index contributed by atoms with van der Waals surface area (Å²) in [5.41, 5.74) is 4.27. The van der Waals surface area contributed by atoms with Crippen molar-refractivity contribution in [1.29, 1.82) is 0 Å². The highest BCUT2D eigenvalue weighted by Crippen LogP contribution is 2.44. The highest BCUT2D eigenvalue weighted by Gasteiger charge is 2.37. The molecule has 0 aliphatic heterocycles. The molecule has 1 saturated carbocycles. The molecule has 0 atom stereocenters. The van der Waals surface area contributed by atoms with Gasteiger partial charge in [0.25, 0.3) is 5.91 Å². The number of carbonyl (C=O) groups excluding carboxylic acids is 1. The van der Waals surface area contributed by atoms with E-state index in [0.29, 0.717) is 16.8 Å². The van der Waals surface area contributed by atoms with Crippen molar-refractivity contribution in [2.45, 2.75) is 33.1 Å². The summed E-state index contributed by atoms with van der Waals surface area (Å²) in [7, 11) is 0. The SMILES string of the molecule is CCc1cc(C(=O)NCC2(C)CC2)cc(NN)n1. The number of nitrogens with two attached hydrogens (primary N) is 1. The molecule has 5 nitrogen and oxygen atoms in total. The van der Waals surface area contributed by atoms with Crippen LogP contribution in [0.1, 0.15) is 42.7 Å². The molecule has 98 valence electrons. The Morgan fingerprint density at radius 1 is 1.50 bits per heavy atom. The number of nitrogens with zero attached hydrogens (tertiary/aromatic N) is 1. The summed E-state index contributed by atoms with van der Waals surface area (Å²) in [6, 6.07) is 3.48. The van der Waals surface area contributed by atoms with Crippen molar-refractivity contribution in [1.82, 2.24) is 10.3 Å². The van der Waals surface area contributed by atoms with E-state index in [2.05, 4.69) is 22.7 Å². The maximum Gasteiger partial charge on any atom is 0.251 e. The number of amides is 1. The van der Waals surface area contributed by atoms with E-state index in [1.807, 2.05) is 13.0 Å². The number of pyridine rings is 1. The molecule has 1 aliphatic carbocycles. The standard InChI is InChI=1S/C13H20N4O/c1-3-10-6-9(7-11(16-10)17-14)12(18)15-8-13(2)4-5-13/h6-7H,3-5,8,14H2,1-2H3,(H,15,18)(H,16,17). The van der Waals surface area contributed by atoms with Gasteiger partial charge in [0.15, 0.2) is 0 Å². The van der Waals surface area contributed by atoms with Gasteiger partial charge in [-0.05, 0) is 36.8 Å². The average Bonchev–Trinajstić information content (AvgIpc) is 3.13. The topological polar surface area (TPSA) is 80.0 Å². The molecule has 0 bridgehead atoms. The second-order valence-corrected chi connectivity index (χ2v) is 5.22. The molecule has 0 radical (unpaired) electrons. The van der Waals surface area contributed by atoms with Crippen LogP contribution in [-0.4, -0.2) is 17.4 Å². The molecule has 0 saturated heterocycles. The Bertz CT molecular complexity index is 432. The van der Waals surface area contributed by atoms with Gasteiger partial charge in [-0.15, -0.1) is 0 Å². The van der Waals surface area contributed by atoms with Crippen molar-refractivity contribution >= 4 is 11.7 Å². The van der Waals surface area contributed by atoms with E-state index in [-0.39, 0.29) is 5.91 Å². The number of nitrogen functional groups attached to an aromatic ring is 1. The van der Waals surface area contributed by atoms with Crippen LogP contribution >= 0.6 is 0 Å². The molecule has 2 rings (SSSR count). The zero-order valence-electron chi connectivity index (χ0n) is 10.9. The van der Waals surface area contributed by atoms with Gasteiger partial charge in [-0.1, -0.05) is 13.8 Å². The fraction of sp³-hybridized carbons (Fsp3) is 0.538. The first kappa shape index (κ1) is 12.8. The summed E-state index contributed by atoms with van der Waals surface area (Å²) in [6.07, 6.45) is 3.16. The molecule has 1 heterocycles. The molecule has 1 amide bonds. The van der Waals surface area contributed by atoms with Crippen LogP contribution in [0.5, 0.6) is 0 Å². The number of nitrogens with one attached hydrogen (secondary N) is 2. The van der Waals surface area contributed by atoms with Crippen LogP contribution in [0, 0.1) is 5.41 Å². The van der Waals surface area contributed by atoms with Crippen molar-refractivity contribution in [2.24, 2.45) is 11.3 Å². The lowest BCUT2D eigenvalue weighted by Gasteiger charge is -2.11. The van der Waals surface area contributed by atoms with Crippen LogP contribution < -0.4 is 16.6 Å². The lowest BCUT2D eigenvalue weighted by Crippen LogP contribution is -2.29. The summed E-state index contributed by atoms with van der Waals surface area (Å²) in [5.74, 6) is 5.82. The van der Waals surface area contributed by atoms with E-state index in [0.717, 1.165) is 18.7 Å². The maximum absolute atomic E-state index is 12.0. The lowest BCUT2D eigenvalue weighted by atomic mass is 10.1. The second-order valence-electron chi connectivity index (χ2n) is 5.22. The van der Waals surface area contributed by atoms with Gasteiger partial charge in [-0.25, -0.2) is 10.8 Å². The molecule has 18 heavy (non-hydrogen) atoms. The Labute approximate surface area is 107 Å². The Kier molecular flexibility index (Phi) is 3.52. The largest absolute Gasteiger partial charge is 0.351 e. The molecular formula is C13H20N4O. The van der Waals surface area contributed by atoms with Crippen LogP contribution in [0.15, 0.2) is 12.1 Å². The zero-order valence-corrected chi connectivity index (χ0v) is 10.9. The molecule has 0 aromatic carbocycles.